The number of piperidine rings is 1. The number of likely N-dealkylation sites (tertiary alicyclic amines) is 1. The van der Waals surface area contributed by atoms with Crippen LogP contribution in [0.2, 0.25) is 0 Å². The van der Waals surface area contributed by atoms with Crippen molar-refractivity contribution in [1.82, 2.24) is 4.90 Å². The Kier molecular flexibility index (Phi) is 5.98. The Bertz CT molecular complexity index is 705. The van der Waals surface area contributed by atoms with Gasteiger partial charge in [0.05, 0.1) is 5.41 Å². The Morgan fingerprint density at radius 1 is 1.04 bits per heavy atom. The molecule has 0 amide bonds. The van der Waals surface area contributed by atoms with E-state index in [9.17, 15) is 4.79 Å². The lowest BCUT2D eigenvalue weighted by molar-refractivity contribution is -0.126. The number of hydrogen-bond donors (Lipinski definition) is 0. The van der Waals surface area contributed by atoms with Crippen LogP contribution in [0.1, 0.15) is 38.2 Å². The van der Waals surface area contributed by atoms with Crippen LogP contribution in [0.5, 0.6) is 0 Å². The second-order valence-electron chi connectivity index (χ2n) is 6.97. The zero-order chi connectivity index (χ0) is 17.7. The van der Waals surface area contributed by atoms with E-state index in [1.165, 1.54) is 15.4 Å². The van der Waals surface area contributed by atoms with Gasteiger partial charge in [-0.3, -0.25) is 4.79 Å². The minimum atomic E-state index is -0.319. The Morgan fingerprint density at radius 2 is 1.68 bits per heavy atom. The van der Waals surface area contributed by atoms with Gasteiger partial charge in [-0.1, -0.05) is 55.1 Å². The van der Waals surface area contributed by atoms with Gasteiger partial charge in [0.2, 0.25) is 0 Å². The summed E-state index contributed by atoms with van der Waals surface area (Å²) in [5, 5.41) is 0. The molecule has 2 aromatic carbocycles. The molecule has 1 heterocycles. The molecule has 3 rings (SSSR count). The van der Waals surface area contributed by atoms with Crippen molar-refractivity contribution in [2.45, 2.75) is 47.8 Å². The number of carbonyl (C=O) groups is 1. The van der Waals surface area contributed by atoms with E-state index < -0.39 is 0 Å². The first-order chi connectivity index (χ1) is 12.2. The average molecular weight is 354 g/mol. The van der Waals surface area contributed by atoms with E-state index in [0.29, 0.717) is 12.2 Å². The first-order valence-corrected chi connectivity index (χ1v) is 10.0. The third kappa shape index (κ3) is 3.99. The zero-order valence-electron chi connectivity index (χ0n) is 15.2. The normalized spacial score (nSPS) is 17.4. The summed E-state index contributed by atoms with van der Waals surface area (Å²) in [4.78, 5) is 18.0. The van der Waals surface area contributed by atoms with Crippen LogP contribution in [0.3, 0.4) is 0 Å². The molecule has 1 saturated heterocycles. The van der Waals surface area contributed by atoms with Gasteiger partial charge in [-0.25, -0.2) is 0 Å². The van der Waals surface area contributed by atoms with Crippen LogP contribution < -0.4 is 0 Å². The number of nitrogens with zero attached hydrogens (tertiary/aromatic N) is 1. The van der Waals surface area contributed by atoms with E-state index in [1.54, 1.807) is 11.8 Å². The molecule has 0 N–H and O–H groups in total. The van der Waals surface area contributed by atoms with Crippen LogP contribution in [0, 0.1) is 0 Å². The lowest BCUT2D eigenvalue weighted by Crippen LogP contribution is -2.46. The van der Waals surface area contributed by atoms with Gasteiger partial charge in [0.15, 0.2) is 0 Å². The minimum absolute atomic E-state index is 0.319. The number of hydrogen-bond acceptors (Lipinski definition) is 3. The van der Waals surface area contributed by atoms with Crippen molar-refractivity contribution in [1.29, 1.82) is 0 Å². The standard InChI is InChI=1S/C22H27NOS/c1-3-9-21(24)22(14-16-23(2)17-15-22)19-12-7-8-13-20(19)25-18-10-5-4-6-11-18/h4-8,10-13H,3,9,14-17H2,1-2H3. The molecule has 0 radical (unpaired) electrons. The van der Waals surface area contributed by atoms with Gasteiger partial charge in [-0.15, -0.1) is 0 Å². The van der Waals surface area contributed by atoms with Crippen LogP contribution in [-0.2, 0) is 10.2 Å². The van der Waals surface area contributed by atoms with E-state index in [2.05, 4.69) is 67.4 Å². The van der Waals surface area contributed by atoms with Crippen molar-refractivity contribution in [3.63, 3.8) is 0 Å². The number of rotatable bonds is 6. The van der Waals surface area contributed by atoms with E-state index in [-0.39, 0.29) is 5.41 Å². The molecule has 1 aliphatic rings. The molecule has 0 spiro atoms. The SMILES string of the molecule is CCCC(=O)C1(c2ccccc2Sc2ccccc2)CCN(C)CC1. The highest BCUT2D eigenvalue weighted by atomic mass is 32.2. The van der Waals surface area contributed by atoms with Gasteiger partial charge in [0.25, 0.3) is 0 Å². The molecule has 1 fully saturated rings. The van der Waals surface area contributed by atoms with Crippen molar-refractivity contribution in [3.05, 3.63) is 60.2 Å². The maximum Gasteiger partial charge on any atom is 0.143 e. The number of Topliss-reactive ketones (excluding diaryl/α,β-unsaturated/α-hetero) is 1. The summed E-state index contributed by atoms with van der Waals surface area (Å²) in [7, 11) is 2.15. The fourth-order valence-corrected chi connectivity index (χ4v) is 4.80. The maximum absolute atomic E-state index is 13.2. The van der Waals surface area contributed by atoms with Crippen molar-refractivity contribution in [2.24, 2.45) is 0 Å². The topological polar surface area (TPSA) is 20.3 Å². The summed E-state index contributed by atoms with van der Waals surface area (Å²) in [6, 6.07) is 19.0. The Morgan fingerprint density at radius 3 is 2.36 bits per heavy atom. The van der Waals surface area contributed by atoms with Crippen molar-refractivity contribution in [2.75, 3.05) is 20.1 Å². The molecule has 0 atom stereocenters. The van der Waals surface area contributed by atoms with E-state index in [1.807, 2.05) is 6.07 Å². The average Bonchev–Trinajstić information content (AvgIpc) is 2.64. The van der Waals surface area contributed by atoms with E-state index in [4.69, 9.17) is 0 Å². The molecule has 132 valence electrons. The predicted molar refractivity (Wildman–Crippen MR) is 105 cm³/mol. The van der Waals surface area contributed by atoms with Crippen LogP contribution in [0.25, 0.3) is 0 Å². The fourth-order valence-electron chi connectivity index (χ4n) is 3.73. The van der Waals surface area contributed by atoms with E-state index in [0.717, 1.165) is 32.4 Å². The van der Waals surface area contributed by atoms with E-state index >= 15 is 0 Å². The third-order valence-corrected chi connectivity index (χ3v) is 6.31. The molecule has 0 unspecified atom stereocenters. The lowest BCUT2D eigenvalue weighted by atomic mass is 9.68. The van der Waals surface area contributed by atoms with Gasteiger partial charge in [-0.2, -0.15) is 0 Å². The first kappa shape index (κ1) is 18.2. The monoisotopic (exact) mass is 353 g/mol. The summed E-state index contributed by atoms with van der Waals surface area (Å²) >= 11 is 1.78. The smallest absolute Gasteiger partial charge is 0.143 e. The summed E-state index contributed by atoms with van der Waals surface area (Å²) in [5.41, 5.74) is 0.913. The van der Waals surface area contributed by atoms with Crippen LogP contribution in [0.4, 0.5) is 0 Å². The van der Waals surface area contributed by atoms with Crippen LogP contribution in [0.15, 0.2) is 64.4 Å². The molecule has 25 heavy (non-hydrogen) atoms. The zero-order valence-corrected chi connectivity index (χ0v) is 16.0. The Labute approximate surface area is 155 Å². The highest BCUT2D eigenvalue weighted by molar-refractivity contribution is 7.99. The first-order valence-electron chi connectivity index (χ1n) is 9.20. The lowest BCUT2D eigenvalue weighted by Gasteiger charge is -2.41. The molecule has 0 bridgehead atoms. The summed E-state index contributed by atoms with van der Waals surface area (Å²) < 4.78 is 0. The number of benzene rings is 2. The predicted octanol–water partition coefficient (Wildman–Crippen LogP) is 5.17. The van der Waals surface area contributed by atoms with Gasteiger partial charge < -0.3 is 4.90 Å². The number of carbonyl (C=O) groups excluding carboxylic acids is 1. The molecule has 0 aliphatic carbocycles. The minimum Gasteiger partial charge on any atom is -0.306 e. The van der Waals surface area contributed by atoms with Crippen molar-refractivity contribution in [3.8, 4) is 0 Å². The quantitative estimate of drug-likeness (QED) is 0.714. The molecular weight excluding hydrogens is 326 g/mol. The largest absolute Gasteiger partial charge is 0.306 e. The second kappa shape index (κ2) is 8.20. The summed E-state index contributed by atoms with van der Waals surface area (Å²) in [6.07, 6.45) is 3.45. The summed E-state index contributed by atoms with van der Waals surface area (Å²) in [6.45, 7) is 4.07. The molecular formula is C22H27NOS. The highest BCUT2D eigenvalue weighted by Crippen LogP contribution is 2.43. The molecule has 3 heteroatoms. The van der Waals surface area contributed by atoms with Crippen LogP contribution >= 0.6 is 11.8 Å². The molecule has 0 saturated carbocycles. The molecule has 2 aromatic rings. The third-order valence-electron chi connectivity index (χ3n) is 5.23. The highest BCUT2D eigenvalue weighted by Gasteiger charge is 2.42. The number of ketones is 1. The van der Waals surface area contributed by atoms with Crippen LogP contribution in [-0.4, -0.2) is 30.8 Å². The second-order valence-corrected chi connectivity index (χ2v) is 8.09. The Balaban J connectivity index is 2.00. The van der Waals surface area contributed by atoms with Gasteiger partial charge in [0.1, 0.15) is 5.78 Å². The maximum atomic E-state index is 13.2. The van der Waals surface area contributed by atoms with Crippen molar-refractivity contribution < 1.29 is 4.79 Å². The molecule has 1 aliphatic heterocycles. The fraction of sp³-hybridized carbons (Fsp3) is 0.409. The molecule has 0 aromatic heterocycles. The molecule has 2 nitrogen and oxygen atoms in total. The van der Waals surface area contributed by atoms with Gasteiger partial charge >= 0.3 is 0 Å². The van der Waals surface area contributed by atoms with Gasteiger partial charge in [0, 0.05) is 16.2 Å². The van der Waals surface area contributed by atoms with Gasteiger partial charge in [-0.05, 0) is 63.2 Å². The Hall–Kier alpha value is -1.58. The van der Waals surface area contributed by atoms with Crippen molar-refractivity contribution >= 4 is 17.5 Å². The summed E-state index contributed by atoms with van der Waals surface area (Å²) in [5.74, 6) is 0.421.